The molecule has 19 heavy (non-hydrogen) atoms. The number of carboxylic acids is 1. The van der Waals surface area contributed by atoms with Crippen LogP contribution in [0.3, 0.4) is 0 Å². The zero-order valence-electron chi connectivity index (χ0n) is 11.1. The van der Waals surface area contributed by atoms with Crippen molar-refractivity contribution < 1.29 is 19.4 Å². The first-order chi connectivity index (χ1) is 9.06. The molecule has 104 valence electrons. The lowest BCUT2D eigenvalue weighted by molar-refractivity contribution is -0.141. The van der Waals surface area contributed by atoms with Crippen LogP contribution in [-0.4, -0.2) is 30.6 Å². The van der Waals surface area contributed by atoms with E-state index in [1.54, 1.807) is 6.92 Å². The molecule has 5 nitrogen and oxygen atoms in total. The summed E-state index contributed by atoms with van der Waals surface area (Å²) in [6.07, 6.45) is -0.270. The van der Waals surface area contributed by atoms with E-state index in [9.17, 15) is 9.59 Å². The van der Waals surface area contributed by atoms with Crippen LogP contribution in [0.5, 0.6) is 0 Å². The molecule has 0 aromatic heterocycles. The van der Waals surface area contributed by atoms with Crippen LogP contribution in [-0.2, 0) is 14.3 Å². The predicted octanol–water partition coefficient (Wildman–Crippen LogP) is 1.60. The summed E-state index contributed by atoms with van der Waals surface area (Å²) in [5.41, 5.74) is 0.772. The monoisotopic (exact) mass is 265 g/mol. The molecule has 0 saturated carbocycles. The van der Waals surface area contributed by atoms with Gasteiger partial charge in [-0.3, -0.25) is 9.59 Å². The molecule has 1 aromatic rings. The topological polar surface area (TPSA) is 75.6 Å². The summed E-state index contributed by atoms with van der Waals surface area (Å²) < 4.78 is 5.17. The number of carbonyl (C=O) groups excluding carboxylic acids is 1. The van der Waals surface area contributed by atoms with E-state index >= 15 is 0 Å². The molecular formula is C14H19NO4. The second-order valence-electron chi connectivity index (χ2n) is 4.35. The van der Waals surface area contributed by atoms with Crippen molar-refractivity contribution in [3.8, 4) is 0 Å². The van der Waals surface area contributed by atoms with Gasteiger partial charge in [0.15, 0.2) is 6.10 Å². The number of carbonyl (C=O) groups is 2. The van der Waals surface area contributed by atoms with Gasteiger partial charge in [-0.2, -0.15) is 0 Å². The predicted molar refractivity (Wildman–Crippen MR) is 70.6 cm³/mol. The summed E-state index contributed by atoms with van der Waals surface area (Å²) in [6, 6.07) is 9.16. The maximum absolute atomic E-state index is 11.9. The zero-order chi connectivity index (χ0) is 14.3. The van der Waals surface area contributed by atoms with E-state index in [1.165, 1.54) is 7.11 Å². The van der Waals surface area contributed by atoms with E-state index in [1.807, 2.05) is 30.3 Å². The second-order valence-corrected chi connectivity index (χ2v) is 4.35. The van der Waals surface area contributed by atoms with Gasteiger partial charge >= 0.3 is 5.97 Å². The van der Waals surface area contributed by atoms with Crippen LogP contribution in [0, 0.1) is 5.92 Å². The fourth-order valence-corrected chi connectivity index (χ4v) is 1.65. The van der Waals surface area contributed by atoms with Gasteiger partial charge in [0.2, 0.25) is 0 Å². The van der Waals surface area contributed by atoms with E-state index in [4.69, 9.17) is 9.84 Å². The first kappa shape index (κ1) is 15.2. The summed E-state index contributed by atoms with van der Waals surface area (Å²) in [5.74, 6) is -1.59. The normalized spacial score (nSPS) is 13.6. The third-order valence-electron chi connectivity index (χ3n) is 2.87. The summed E-state index contributed by atoms with van der Waals surface area (Å²) in [5, 5.41) is 11.4. The first-order valence-corrected chi connectivity index (χ1v) is 6.14. The molecule has 0 radical (unpaired) electrons. The van der Waals surface area contributed by atoms with E-state index in [0.29, 0.717) is 13.0 Å². The number of hydrogen-bond acceptors (Lipinski definition) is 3. The molecule has 2 N–H and O–H groups in total. The van der Waals surface area contributed by atoms with E-state index < -0.39 is 18.0 Å². The van der Waals surface area contributed by atoms with Crippen molar-refractivity contribution in [2.24, 2.45) is 5.92 Å². The Morgan fingerprint density at radius 1 is 1.32 bits per heavy atom. The van der Waals surface area contributed by atoms with Crippen LogP contribution in [0.4, 0.5) is 0 Å². The highest BCUT2D eigenvalue weighted by atomic mass is 16.5. The van der Waals surface area contributed by atoms with E-state index in [0.717, 1.165) is 5.56 Å². The van der Waals surface area contributed by atoms with Crippen molar-refractivity contribution in [2.75, 3.05) is 13.7 Å². The number of amides is 1. The summed E-state index contributed by atoms with van der Waals surface area (Å²) >= 11 is 0. The molecule has 0 saturated heterocycles. The van der Waals surface area contributed by atoms with Gasteiger partial charge in [0, 0.05) is 13.7 Å². The first-order valence-electron chi connectivity index (χ1n) is 6.14. The Labute approximate surface area is 112 Å². The molecule has 1 aromatic carbocycles. The van der Waals surface area contributed by atoms with Crippen molar-refractivity contribution in [1.29, 1.82) is 0 Å². The molecule has 0 bridgehead atoms. The SMILES string of the molecule is COC(C(=O)NCCC(C)C(=O)O)c1ccccc1. The number of ether oxygens (including phenoxy) is 1. The molecule has 1 amide bonds. The van der Waals surface area contributed by atoms with Crippen LogP contribution in [0.2, 0.25) is 0 Å². The Morgan fingerprint density at radius 2 is 1.95 bits per heavy atom. The molecule has 5 heteroatoms. The highest BCUT2D eigenvalue weighted by molar-refractivity contribution is 5.82. The smallest absolute Gasteiger partial charge is 0.306 e. The average molecular weight is 265 g/mol. The average Bonchev–Trinajstić information content (AvgIpc) is 2.40. The zero-order valence-corrected chi connectivity index (χ0v) is 11.1. The highest BCUT2D eigenvalue weighted by Crippen LogP contribution is 2.16. The number of aliphatic carboxylic acids is 1. The molecule has 2 atom stereocenters. The Morgan fingerprint density at radius 3 is 2.47 bits per heavy atom. The number of benzene rings is 1. The minimum atomic E-state index is -0.861. The third-order valence-corrected chi connectivity index (χ3v) is 2.87. The van der Waals surface area contributed by atoms with E-state index in [-0.39, 0.29) is 5.91 Å². The van der Waals surface area contributed by atoms with Crippen LogP contribution in [0.15, 0.2) is 30.3 Å². The van der Waals surface area contributed by atoms with Crippen molar-refractivity contribution >= 4 is 11.9 Å². The Hall–Kier alpha value is -1.88. The van der Waals surface area contributed by atoms with Gasteiger partial charge in [0.1, 0.15) is 0 Å². The van der Waals surface area contributed by atoms with Gasteiger partial charge < -0.3 is 15.2 Å². The maximum atomic E-state index is 11.9. The van der Waals surface area contributed by atoms with Crippen LogP contribution < -0.4 is 5.32 Å². The molecule has 0 heterocycles. The number of rotatable bonds is 7. The van der Waals surface area contributed by atoms with Crippen LogP contribution >= 0.6 is 0 Å². The molecular weight excluding hydrogens is 246 g/mol. The Bertz CT molecular complexity index is 419. The lowest BCUT2D eigenvalue weighted by atomic mass is 10.1. The maximum Gasteiger partial charge on any atom is 0.306 e. The number of nitrogens with one attached hydrogen (secondary N) is 1. The fraction of sp³-hybridized carbons (Fsp3) is 0.429. The van der Waals surface area contributed by atoms with E-state index in [2.05, 4.69) is 5.32 Å². The van der Waals surface area contributed by atoms with Gasteiger partial charge in [-0.15, -0.1) is 0 Å². The molecule has 0 fully saturated rings. The van der Waals surface area contributed by atoms with Crippen molar-refractivity contribution in [3.63, 3.8) is 0 Å². The summed E-state index contributed by atoms with van der Waals surface area (Å²) in [4.78, 5) is 22.6. The van der Waals surface area contributed by atoms with Gasteiger partial charge in [0.25, 0.3) is 5.91 Å². The molecule has 0 spiro atoms. The van der Waals surface area contributed by atoms with Crippen molar-refractivity contribution in [2.45, 2.75) is 19.4 Å². The van der Waals surface area contributed by atoms with Crippen molar-refractivity contribution in [3.05, 3.63) is 35.9 Å². The Kier molecular flexibility index (Phi) is 6.02. The highest BCUT2D eigenvalue weighted by Gasteiger charge is 2.19. The second kappa shape index (κ2) is 7.53. The summed E-state index contributed by atoms with van der Waals surface area (Å²) in [6.45, 7) is 1.93. The standard InChI is InChI=1S/C14H19NO4/c1-10(14(17)18)8-9-15-13(16)12(19-2)11-6-4-3-5-7-11/h3-7,10,12H,8-9H2,1-2H3,(H,15,16)(H,17,18). The third kappa shape index (κ3) is 4.71. The molecule has 0 aliphatic carbocycles. The fourth-order valence-electron chi connectivity index (χ4n) is 1.65. The van der Waals surface area contributed by atoms with Gasteiger partial charge in [0.05, 0.1) is 5.92 Å². The Balaban J connectivity index is 2.49. The molecule has 0 aliphatic heterocycles. The molecule has 2 unspecified atom stereocenters. The van der Waals surface area contributed by atoms with Crippen molar-refractivity contribution in [1.82, 2.24) is 5.32 Å². The van der Waals surface area contributed by atoms with Crippen LogP contribution in [0.25, 0.3) is 0 Å². The lowest BCUT2D eigenvalue weighted by Crippen LogP contribution is -2.32. The minimum absolute atomic E-state index is 0.258. The largest absolute Gasteiger partial charge is 0.481 e. The van der Waals surface area contributed by atoms with Gasteiger partial charge in [-0.25, -0.2) is 0 Å². The lowest BCUT2D eigenvalue weighted by Gasteiger charge is -2.16. The van der Waals surface area contributed by atoms with Gasteiger partial charge in [-0.1, -0.05) is 37.3 Å². The minimum Gasteiger partial charge on any atom is -0.481 e. The number of hydrogen-bond donors (Lipinski definition) is 2. The van der Waals surface area contributed by atoms with Crippen LogP contribution in [0.1, 0.15) is 25.0 Å². The quantitative estimate of drug-likeness (QED) is 0.785. The van der Waals surface area contributed by atoms with Gasteiger partial charge in [-0.05, 0) is 12.0 Å². The number of methoxy groups -OCH3 is 1. The molecule has 1 rings (SSSR count). The summed E-state index contributed by atoms with van der Waals surface area (Å²) in [7, 11) is 1.47. The number of carboxylic acid groups (broad SMARTS) is 1. The molecule has 0 aliphatic rings.